The van der Waals surface area contributed by atoms with Crippen LogP contribution in [-0.4, -0.2) is 29.9 Å². The van der Waals surface area contributed by atoms with E-state index in [9.17, 15) is 4.79 Å². The van der Waals surface area contributed by atoms with Crippen LogP contribution in [0.5, 0.6) is 11.5 Å². The lowest BCUT2D eigenvalue weighted by Crippen LogP contribution is -2.24. The highest BCUT2D eigenvalue weighted by molar-refractivity contribution is 5.95. The number of ether oxygens (including phenoxy) is 2. The summed E-state index contributed by atoms with van der Waals surface area (Å²) in [6, 6.07) is 13.7. The Bertz CT molecular complexity index is 962. The molecule has 146 valence electrons. The Labute approximate surface area is 165 Å². The van der Waals surface area contributed by atoms with Crippen molar-refractivity contribution < 1.29 is 14.3 Å². The number of benzene rings is 2. The summed E-state index contributed by atoms with van der Waals surface area (Å²) < 4.78 is 12.6. The van der Waals surface area contributed by atoms with Gasteiger partial charge in [-0.25, -0.2) is 4.68 Å². The Kier molecular flexibility index (Phi) is 5.99. The number of carbonyl (C=O) groups is 1. The van der Waals surface area contributed by atoms with Gasteiger partial charge in [0.05, 0.1) is 37.4 Å². The van der Waals surface area contributed by atoms with Crippen molar-refractivity contribution in [2.45, 2.75) is 26.8 Å². The average Bonchev–Trinajstić information content (AvgIpc) is 3.16. The first-order valence-electron chi connectivity index (χ1n) is 9.21. The van der Waals surface area contributed by atoms with E-state index in [-0.39, 0.29) is 5.91 Å². The molecule has 0 fully saturated rings. The molecule has 0 aliphatic carbocycles. The van der Waals surface area contributed by atoms with Gasteiger partial charge < -0.3 is 14.8 Å². The van der Waals surface area contributed by atoms with Gasteiger partial charge in [-0.05, 0) is 31.5 Å². The van der Waals surface area contributed by atoms with E-state index < -0.39 is 0 Å². The second kappa shape index (κ2) is 8.61. The monoisotopic (exact) mass is 379 g/mol. The molecule has 1 heterocycles. The van der Waals surface area contributed by atoms with Gasteiger partial charge in [0.25, 0.3) is 5.91 Å². The van der Waals surface area contributed by atoms with E-state index in [1.807, 2.05) is 61.0 Å². The van der Waals surface area contributed by atoms with Crippen molar-refractivity contribution >= 4 is 5.91 Å². The van der Waals surface area contributed by atoms with Gasteiger partial charge in [0.2, 0.25) is 0 Å². The summed E-state index contributed by atoms with van der Waals surface area (Å²) in [5, 5.41) is 7.40. The van der Waals surface area contributed by atoms with Gasteiger partial charge in [0, 0.05) is 12.1 Å². The molecule has 28 heavy (non-hydrogen) atoms. The minimum absolute atomic E-state index is 0.167. The van der Waals surface area contributed by atoms with Crippen molar-refractivity contribution in [3.63, 3.8) is 0 Å². The molecule has 1 amide bonds. The van der Waals surface area contributed by atoms with E-state index in [0.717, 1.165) is 16.9 Å². The molecule has 0 aliphatic rings. The Balaban J connectivity index is 1.81. The number of aryl methyl sites for hydroxylation is 1. The van der Waals surface area contributed by atoms with Crippen LogP contribution in [-0.2, 0) is 13.0 Å². The van der Waals surface area contributed by atoms with Gasteiger partial charge in [-0.2, -0.15) is 5.10 Å². The first kappa shape index (κ1) is 19.5. The molecule has 6 heteroatoms. The van der Waals surface area contributed by atoms with Crippen LogP contribution < -0.4 is 14.8 Å². The van der Waals surface area contributed by atoms with E-state index >= 15 is 0 Å². The molecule has 3 aromatic rings. The van der Waals surface area contributed by atoms with Crippen LogP contribution in [0.15, 0.2) is 48.7 Å². The third kappa shape index (κ3) is 3.86. The smallest absolute Gasteiger partial charge is 0.255 e. The quantitative estimate of drug-likeness (QED) is 0.680. The Morgan fingerprint density at radius 3 is 2.50 bits per heavy atom. The molecule has 0 bridgehead atoms. The number of hydrogen-bond acceptors (Lipinski definition) is 4. The minimum Gasteiger partial charge on any atom is -0.493 e. The zero-order valence-corrected chi connectivity index (χ0v) is 16.7. The van der Waals surface area contributed by atoms with E-state index in [4.69, 9.17) is 9.47 Å². The third-order valence-electron chi connectivity index (χ3n) is 4.65. The predicted octanol–water partition coefficient (Wildman–Crippen LogP) is 3.69. The van der Waals surface area contributed by atoms with Gasteiger partial charge in [0.15, 0.2) is 11.5 Å². The fourth-order valence-corrected chi connectivity index (χ4v) is 3.18. The molecular weight excluding hydrogens is 354 g/mol. The number of aromatic nitrogens is 2. The molecular formula is C22H25N3O3. The summed E-state index contributed by atoms with van der Waals surface area (Å²) in [5.74, 6) is 1.09. The standard InChI is InChI=1S/C22H25N3O3/c1-5-19-18(14-24-25(19)17-11-9-15(2)10-12-17)22(26)23-13-16-7-6-8-20(27-3)21(16)28-4/h6-12,14H,5,13H2,1-4H3,(H,23,26). The lowest BCUT2D eigenvalue weighted by molar-refractivity contribution is 0.0949. The SMILES string of the molecule is CCc1c(C(=O)NCc2cccc(OC)c2OC)cnn1-c1ccc(C)cc1. The molecule has 2 aromatic carbocycles. The largest absolute Gasteiger partial charge is 0.493 e. The minimum atomic E-state index is -0.167. The molecule has 3 rings (SSSR count). The van der Waals surface area contributed by atoms with Crippen LogP contribution in [0.4, 0.5) is 0 Å². The van der Waals surface area contributed by atoms with Crippen molar-refractivity contribution in [2.24, 2.45) is 0 Å². The van der Waals surface area contributed by atoms with Crippen LogP contribution in [0.25, 0.3) is 5.69 Å². The Hall–Kier alpha value is -3.28. The first-order chi connectivity index (χ1) is 13.6. The number of amides is 1. The summed E-state index contributed by atoms with van der Waals surface area (Å²) in [4.78, 5) is 12.8. The molecule has 1 N–H and O–H groups in total. The van der Waals surface area contributed by atoms with Crippen molar-refractivity contribution in [3.05, 3.63) is 71.0 Å². The number of para-hydroxylation sites is 1. The topological polar surface area (TPSA) is 65.4 Å². The number of hydrogen-bond donors (Lipinski definition) is 1. The number of nitrogens with one attached hydrogen (secondary N) is 1. The lowest BCUT2D eigenvalue weighted by Gasteiger charge is -2.13. The van der Waals surface area contributed by atoms with Crippen LogP contribution in [0, 0.1) is 6.92 Å². The summed E-state index contributed by atoms with van der Waals surface area (Å²) in [6.07, 6.45) is 2.32. The lowest BCUT2D eigenvalue weighted by atomic mass is 10.1. The fourth-order valence-electron chi connectivity index (χ4n) is 3.18. The normalized spacial score (nSPS) is 10.6. The molecule has 0 atom stereocenters. The zero-order valence-electron chi connectivity index (χ0n) is 16.7. The van der Waals surface area contributed by atoms with Crippen LogP contribution >= 0.6 is 0 Å². The van der Waals surface area contributed by atoms with Crippen LogP contribution in [0.3, 0.4) is 0 Å². The Morgan fingerprint density at radius 1 is 1.11 bits per heavy atom. The molecule has 0 unspecified atom stereocenters. The molecule has 6 nitrogen and oxygen atoms in total. The molecule has 0 spiro atoms. The van der Waals surface area contributed by atoms with Crippen molar-refractivity contribution in [1.29, 1.82) is 0 Å². The van der Waals surface area contributed by atoms with Gasteiger partial charge in [-0.15, -0.1) is 0 Å². The molecule has 1 aromatic heterocycles. The molecule has 0 saturated heterocycles. The van der Waals surface area contributed by atoms with E-state index in [1.54, 1.807) is 20.4 Å². The number of nitrogens with zero attached hydrogens (tertiary/aromatic N) is 2. The van der Waals surface area contributed by atoms with Gasteiger partial charge >= 0.3 is 0 Å². The van der Waals surface area contributed by atoms with Crippen molar-refractivity contribution in [3.8, 4) is 17.2 Å². The Morgan fingerprint density at radius 2 is 1.86 bits per heavy atom. The highest BCUT2D eigenvalue weighted by Gasteiger charge is 2.18. The maximum Gasteiger partial charge on any atom is 0.255 e. The second-order valence-electron chi connectivity index (χ2n) is 6.44. The highest BCUT2D eigenvalue weighted by atomic mass is 16.5. The van der Waals surface area contributed by atoms with Gasteiger partial charge in [-0.1, -0.05) is 36.8 Å². The number of rotatable bonds is 7. The highest BCUT2D eigenvalue weighted by Crippen LogP contribution is 2.30. The van der Waals surface area contributed by atoms with Crippen LogP contribution in [0.2, 0.25) is 0 Å². The number of methoxy groups -OCH3 is 2. The summed E-state index contributed by atoms with van der Waals surface area (Å²) in [6.45, 7) is 4.39. The average molecular weight is 379 g/mol. The van der Waals surface area contributed by atoms with E-state index in [2.05, 4.69) is 10.4 Å². The molecule has 0 radical (unpaired) electrons. The molecule has 0 saturated carbocycles. The zero-order chi connectivity index (χ0) is 20.1. The van der Waals surface area contributed by atoms with Gasteiger partial charge in [-0.3, -0.25) is 4.79 Å². The predicted molar refractivity (Wildman–Crippen MR) is 108 cm³/mol. The van der Waals surface area contributed by atoms with Crippen molar-refractivity contribution in [2.75, 3.05) is 14.2 Å². The fraction of sp³-hybridized carbons (Fsp3) is 0.273. The summed E-state index contributed by atoms with van der Waals surface area (Å²) in [7, 11) is 3.18. The maximum absolute atomic E-state index is 12.8. The number of carbonyl (C=O) groups excluding carboxylic acids is 1. The summed E-state index contributed by atoms with van der Waals surface area (Å²) in [5.41, 5.74) is 4.41. The maximum atomic E-state index is 12.8. The van der Waals surface area contributed by atoms with Crippen molar-refractivity contribution in [1.82, 2.24) is 15.1 Å². The van der Waals surface area contributed by atoms with Gasteiger partial charge in [0.1, 0.15) is 0 Å². The van der Waals surface area contributed by atoms with Crippen LogP contribution in [0.1, 0.15) is 34.1 Å². The first-order valence-corrected chi connectivity index (χ1v) is 9.21. The summed E-state index contributed by atoms with van der Waals surface area (Å²) >= 11 is 0. The van der Waals surface area contributed by atoms with E-state index in [1.165, 1.54) is 5.56 Å². The molecule has 0 aliphatic heterocycles. The van der Waals surface area contributed by atoms with E-state index in [0.29, 0.717) is 30.0 Å². The third-order valence-corrected chi connectivity index (χ3v) is 4.65. The second-order valence-corrected chi connectivity index (χ2v) is 6.44.